The van der Waals surface area contributed by atoms with E-state index in [4.69, 9.17) is 4.74 Å². The van der Waals surface area contributed by atoms with Gasteiger partial charge in [-0.25, -0.2) is 0 Å². The lowest BCUT2D eigenvalue weighted by Crippen LogP contribution is -2.41. The standard InChI is InChI=1S/C34H32N2O6/c1-20(37)21-14-16-22(17-15-21)35-27(38)19-42-28(39)13-3-2-8-18-36-33(40)31-29-23-9-4-5-10-24(23)30(32(31)34(36)41)26-12-7-6-11-25(26)29/h4-7,9-12,14-17,29-32H,2-3,8,13,18-19H2,1H3,(H,35,38)/t29?,30?,31-,32-/m0/s1. The Labute approximate surface area is 244 Å². The van der Waals surface area contributed by atoms with E-state index < -0.39 is 18.5 Å². The minimum Gasteiger partial charge on any atom is -0.456 e. The van der Waals surface area contributed by atoms with Crippen molar-refractivity contribution in [1.29, 1.82) is 0 Å². The zero-order valence-corrected chi connectivity index (χ0v) is 23.4. The number of amides is 3. The normalized spacial score (nSPS) is 21.4. The molecule has 3 amide bonds. The zero-order valence-electron chi connectivity index (χ0n) is 23.4. The third-order valence-corrected chi connectivity index (χ3v) is 8.74. The molecule has 7 rings (SSSR count). The minimum absolute atomic E-state index is 0.0673. The van der Waals surface area contributed by atoms with Crippen molar-refractivity contribution in [3.63, 3.8) is 0 Å². The van der Waals surface area contributed by atoms with Crippen molar-refractivity contribution in [2.45, 2.75) is 44.4 Å². The lowest BCUT2D eigenvalue weighted by Gasteiger charge is -2.45. The fourth-order valence-electron chi connectivity index (χ4n) is 6.88. The maximum Gasteiger partial charge on any atom is 0.306 e. The summed E-state index contributed by atoms with van der Waals surface area (Å²) in [6.07, 6.45) is 1.90. The van der Waals surface area contributed by atoms with Crippen LogP contribution in [0.25, 0.3) is 0 Å². The van der Waals surface area contributed by atoms with Crippen molar-refractivity contribution >= 4 is 35.2 Å². The van der Waals surface area contributed by atoms with Gasteiger partial charge in [0.25, 0.3) is 5.91 Å². The van der Waals surface area contributed by atoms with E-state index in [1.807, 2.05) is 24.3 Å². The van der Waals surface area contributed by atoms with Crippen LogP contribution in [0.3, 0.4) is 0 Å². The number of esters is 1. The number of Topliss-reactive ketones (excluding diaryl/α,β-unsaturated/α-hetero) is 1. The number of nitrogens with zero attached hydrogens (tertiary/aromatic N) is 1. The van der Waals surface area contributed by atoms with E-state index in [1.165, 1.54) is 11.8 Å². The number of unbranched alkanes of at least 4 members (excludes halogenated alkanes) is 2. The van der Waals surface area contributed by atoms with Crippen molar-refractivity contribution < 1.29 is 28.7 Å². The molecule has 1 heterocycles. The Morgan fingerprint density at radius 1 is 0.738 bits per heavy atom. The molecule has 8 nitrogen and oxygen atoms in total. The summed E-state index contributed by atoms with van der Waals surface area (Å²) in [7, 11) is 0. The molecule has 4 aliphatic rings. The van der Waals surface area contributed by atoms with Crippen molar-refractivity contribution in [2.75, 3.05) is 18.5 Å². The summed E-state index contributed by atoms with van der Waals surface area (Å²) in [5.41, 5.74) is 5.67. The van der Waals surface area contributed by atoms with Crippen LogP contribution in [-0.2, 0) is 23.9 Å². The molecule has 1 N–H and O–H groups in total. The minimum atomic E-state index is -0.483. The summed E-state index contributed by atoms with van der Waals surface area (Å²) in [4.78, 5) is 64.3. The topological polar surface area (TPSA) is 110 Å². The largest absolute Gasteiger partial charge is 0.456 e. The first-order chi connectivity index (χ1) is 20.3. The van der Waals surface area contributed by atoms with Crippen LogP contribution in [0.15, 0.2) is 72.8 Å². The average Bonchev–Trinajstić information content (AvgIpc) is 3.25. The van der Waals surface area contributed by atoms with Gasteiger partial charge in [0.15, 0.2) is 12.4 Å². The Balaban J connectivity index is 0.978. The number of benzene rings is 3. The van der Waals surface area contributed by atoms with Gasteiger partial charge in [0.1, 0.15) is 0 Å². The fraction of sp³-hybridized carbons (Fsp3) is 0.324. The Bertz CT molecular complexity index is 1460. The second kappa shape index (κ2) is 11.4. The van der Waals surface area contributed by atoms with E-state index >= 15 is 0 Å². The number of hydrogen-bond donors (Lipinski definition) is 1. The third kappa shape index (κ3) is 4.91. The van der Waals surface area contributed by atoms with E-state index in [0.29, 0.717) is 37.1 Å². The number of nitrogens with one attached hydrogen (secondary N) is 1. The highest BCUT2D eigenvalue weighted by Crippen LogP contribution is 2.60. The molecule has 1 fully saturated rings. The maximum absolute atomic E-state index is 13.6. The molecule has 8 heteroatoms. The number of imide groups is 1. The smallest absolute Gasteiger partial charge is 0.306 e. The predicted octanol–water partition coefficient (Wildman–Crippen LogP) is 4.82. The summed E-state index contributed by atoms with van der Waals surface area (Å²) in [6.45, 7) is 1.39. The molecule has 1 saturated heterocycles. The molecule has 214 valence electrons. The fourth-order valence-corrected chi connectivity index (χ4v) is 6.88. The molecule has 2 bridgehead atoms. The summed E-state index contributed by atoms with van der Waals surface area (Å²) in [5, 5.41) is 2.63. The number of anilines is 1. The van der Waals surface area contributed by atoms with Crippen LogP contribution in [0.4, 0.5) is 5.69 Å². The first kappa shape index (κ1) is 27.6. The number of likely N-dealkylation sites (tertiary alicyclic amines) is 1. The molecule has 3 aromatic rings. The molecule has 2 atom stereocenters. The van der Waals surface area contributed by atoms with E-state index in [-0.39, 0.29) is 47.7 Å². The van der Waals surface area contributed by atoms with Crippen molar-refractivity contribution in [3.05, 3.63) is 101 Å². The number of carbonyl (C=O) groups is 5. The summed E-state index contributed by atoms with van der Waals surface area (Å²) >= 11 is 0. The second-order valence-electron chi connectivity index (χ2n) is 11.2. The van der Waals surface area contributed by atoms with Gasteiger partial charge in [-0.15, -0.1) is 0 Å². The molecule has 0 aromatic heterocycles. The van der Waals surface area contributed by atoms with Gasteiger partial charge in [-0.1, -0.05) is 55.0 Å². The first-order valence-corrected chi connectivity index (χ1v) is 14.4. The quantitative estimate of drug-likeness (QED) is 0.164. The molecule has 42 heavy (non-hydrogen) atoms. The monoisotopic (exact) mass is 564 g/mol. The number of rotatable bonds is 10. The lowest BCUT2D eigenvalue weighted by atomic mass is 9.55. The number of carbonyl (C=O) groups excluding carboxylic acids is 5. The SMILES string of the molecule is CC(=O)c1ccc(NC(=O)COC(=O)CCCCCN2C(=O)[C@H]3C4c5ccccc5C(c5ccccc54)[C@@H]3C2=O)cc1. The Morgan fingerprint density at radius 3 is 1.76 bits per heavy atom. The van der Waals surface area contributed by atoms with Gasteiger partial charge in [-0.3, -0.25) is 28.9 Å². The van der Waals surface area contributed by atoms with Gasteiger partial charge in [0, 0.05) is 36.1 Å². The first-order valence-electron chi connectivity index (χ1n) is 14.4. The lowest BCUT2D eigenvalue weighted by molar-refractivity contribution is -0.147. The van der Waals surface area contributed by atoms with Crippen LogP contribution < -0.4 is 5.32 Å². The summed E-state index contributed by atoms with van der Waals surface area (Å²) in [6, 6.07) is 22.8. The van der Waals surface area contributed by atoms with Crippen LogP contribution in [0, 0.1) is 11.8 Å². The second-order valence-corrected chi connectivity index (χ2v) is 11.2. The van der Waals surface area contributed by atoms with Gasteiger partial charge in [-0.05, 0) is 66.3 Å². The molecular weight excluding hydrogens is 532 g/mol. The Morgan fingerprint density at radius 2 is 1.26 bits per heavy atom. The zero-order chi connectivity index (χ0) is 29.4. The van der Waals surface area contributed by atoms with E-state index in [0.717, 1.165) is 22.3 Å². The highest BCUT2D eigenvalue weighted by atomic mass is 16.5. The van der Waals surface area contributed by atoms with Gasteiger partial charge in [0.05, 0.1) is 11.8 Å². The molecule has 0 radical (unpaired) electrons. The van der Waals surface area contributed by atoms with Gasteiger partial charge < -0.3 is 10.1 Å². The van der Waals surface area contributed by atoms with Gasteiger partial charge in [0.2, 0.25) is 11.8 Å². The molecule has 3 aliphatic carbocycles. The van der Waals surface area contributed by atoms with Crippen LogP contribution in [0.1, 0.15) is 77.1 Å². The number of hydrogen-bond acceptors (Lipinski definition) is 6. The Hall–Kier alpha value is -4.59. The third-order valence-electron chi connectivity index (χ3n) is 8.74. The van der Waals surface area contributed by atoms with Crippen LogP contribution in [-0.4, -0.2) is 47.5 Å². The molecule has 1 aliphatic heterocycles. The van der Waals surface area contributed by atoms with E-state index in [1.54, 1.807) is 24.3 Å². The predicted molar refractivity (Wildman–Crippen MR) is 155 cm³/mol. The van der Waals surface area contributed by atoms with E-state index in [2.05, 4.69) is 29.6 Å². The van der Waals surface area contributed by atoms with Crippen molar-refractivity contribution in [3.8, 4) is 0 Å². The number of ether oxygens (including phenoxy) is 1. The molecule has 0 unspecified atom stereocenters. The van der Waals surface area contributed by atoms with Crippen LogP contribution >= 0.6 is 0 Å². The molecule has 0 saturated carbocycles. The highest BCUT2D eigenvalue weighted by Gasteiger charge is 2.61. The Kier molecular flexibility index (Phi) is 7.45. The van der Waals surface area contributed by atoms with Gasteiger partial charge >= 0.3 is 5.97 Å². The van der Waals surface area contributed by atoms with Gasteiger partial charge in [-0.2, -0.15) is 0 Å². The summed E-state index contributed by atoms with van der Waals surface area (Å²) < 4.78 is 5.08. The van der Waals surface area contributed by atoms with E-state index in [9.17, 15) is 24.0 Å². The summed E-state index contributed by atoms with van der Waals surface area (Å²) in [5.74, 6) is -2.17. The number of ketones is 1. The van der Waals surface area contributed by atoms with Crippen molar-refractivity contribution in [2.24, 2.45) is 11.8 Å². The molecular formula is C34H32N2O6. The molecule has 0 spiro atoms. The maximum atomic E-state index is 13.6. The van der Waals surface area contributed by atoms with Crippen molar-refractivity contribution in [1.82, 2.24) is 4.90 Å². The molecule has 3 aromatic carbocycles. The van der Waals surface area contributed by atoms with Crippen LogP contribution in [0.2, 0.25) is 0 Å². The highest BCUT2D eigenvalue weighted by molar-refractivity contribution is 6.07. The average molecular weight is 565 g/mol. The van der Waals surface area contributed by atoms with Crippen LogP contribution in [0.5, 0.6) is 0 Å².